The summed E-state index contributed by atoms with van der Waals surface area (Å²) >= 11 is 2.16. The second kappa shape index (κ2) is 8.19. The predicted molar refractivity (Wildman–Crippen MR) is 98.7 cm³/mol. The molecule has 134 valence electrons. The molecule has 0 heterocycles. The third kappa shape index (κ3) is 5.44. The van der Waals surface area contributed by atoms with Crippen LogP contribution in [0.15, 0.2) is 41.3 Å². The number of hydrogen-bond donors (Lipinski definition) is 2. The number of aryl methyl sites for hydroxylation is 1. The number of hydrogen-bond acceptors (Lipinski definition) is 3. The highest BCUT2D eigenvalue weighted by atomic mass is 127. The van der Waals surface area contributed by atoms with Gasteiger partial charge < -0.3 is 5.32 Å². The molecule has 2 N–H and O–H groups in total. The zero-order chi connectivity index (χ0) is 18.6. The van der Waals surface area contributed by atoms with E-state index in [2.05, 4.69) is 32.6 Å². The topological polar surface area (TPSA) is 75.3 Å². The summed E-state index contributed by atoms with van der Waals surface area (Å²) in [6.45, 7) is 1.68. The van der Waals surface area contributed by atoms with E-state index in [1.54, 1.807) is 6.07 Å². The van der Waals surface area contributed by atoms with Gasteiger partial charge in [-0.2, -0.15) is 0 Å². The molecule has 0 unspecified atom stereocenters. The molecule has 0 bridgehead atoms. The van der Waals surface area contributed by atoms with Crippen LogP contribution in [0.5, 0.6) is 0 Å². The summed E-state index contributed by atoms with van der Waals surface area (Å²) in [7, 11) is -4.02. The molecule has 0 fully saturated rings. The highest BCUT2D eigenvalue weighted by Gasteiger charge is 2.16. The smallest absolute Gasteiger partial charge is 0.240 e. The minimum atomic E-state index is -4.02. The van der Waals surface area contributed by atoms with Gasteiger partial charge >= 0.3 is 0 Å². The molecular formula is C16H15F2IN2O3S. The molecule has 9 heteroatoms. The van der Waals surface area contributed by atoms with E-state index in [4.69, 9.17) is 0 Å². The third-order valence-corrected chi connectivity index (χ3v) is 5.44. The number of amides is 1. The molecule has 0 radical (unpaired) electrons. The number of carbonyl (C=O) groups is 1. The Morgan fingerprint density at radius 3 is 2.48 bits per heavy atom. The van der Waals surface area contributed by atoms with Gasteiger partial charge in [-0.15, -0.1) is 0 Å². The maximum atomic E-state index is 13.1. The van der Waals surface area contributed by atoms with Gasteiger partial charge in [-0.05, 0) is 71.5 Å². The van der Waals surface area contributed by atoms with E-state index in [1.807, 2.05) is 19.1 Å². The number of benzene rings is 2. The Morgan fingerprint density at radius 1 is 1.12 bits per heavy atom. The zero-order valence-corrected chi connectivity index (χ0v) is 16.1. The Kier molecular flexibility index (Phi) is 6.47. The number of sulfonamides is 1. The molecule has 0 aromatic heterocycles. The van der Waals surface area contributed by atoms with Crippen LogP contribution in [-0.4, -0.2) is 20.9 Å². The van der Waals surface area contributed by atoms with Crippen molar-refractivity contribution in [1.29, 1.82) is 0 Å². The molecule has 2 aromatic carbocycles. The van der Waals surface area contributed by atoms with Crippen LogP contribution < -0.4 is 10.0 Å². The number of anilines is 1. The Morgan fingerprint density at radius 2 is 1.84 bits per heavy atom. The molecule has 0 spiro atoms. The first-order valence-corrected chi connectivity index (χ1v) is 9.76. The van der Waals surface area contributed by atoms with Crippen molar-refractivity contribution in [2.75, 3.05) is 11.9 Å². The molecule has 0 atom stereocenters. The first-order chi connectivity index (χ1) is 11.7. The Labute approximate surface area is 158 Å². The average molecular weight is 480 g/mol. The fraction of sp³-hybridized carbons (Fsp3) is 0.188. The first-order valence-electron chi connectivity index (χ1n) is 7.20. The molecule has 25 heavy (non-hydrogen) atoms. The van der Waals surface area contributed by atoms with E-state index >= 15 is 0 Å². The standard InChI is InChI=1S/C16H15F2IN2O3S/c1-10-8-11(19)2-5-15(10)21-16(22)6-7-20-25(23,24)12-3-4-13(17)14(18)9-12/h2-5,8-9,20H,6-7H2,1H3,(H,21,22). The lowest BCUT2D eigenvalue weighted by atomic mass is 10.2. The van der Waals surface area contributed by atoms with Gasteiger partial charge in [-0.25, -0.2) is 21.9 Å². The van der Waals surface area contributed by atoms with E-state index in [0.717, 1.165) is 21.3 Å². The Balaban J connectivity index is 1.92. The monoisotopic (exact) mass is 480 g/mol. The van der Waals surface area contributed by atoms with Gasteiger partial charge in [0.1, 0.15) is 0 Å². The van der Waals surface area contributed by atoms with Crippen molar-refractivity contribution in [1.82, 2.24) is 4.72 Å². The summed E-state index contributed by atoms with van der Waals surface area (Å²) in [5.74, 6) is -2.75. The molecule has 0 saturated carbocycles. The maximum Gasteiger partial charge on any atom is 0.240 e. The van der Waals surface area contributed by atoms with Crippen molar-refractivity contribution in [3.63, 3.8) is 0 Å². The van der Waals surface area contributed by atoms with E-state index in [0.29, 0.717) is 11.8 Å². The molecule has 5 nitrogen and oxygen atoms in total. The lowest BCUT2D eigenvalue weighted by Gasteiger charge is -2.10. The van der Waals surface area contributed by atoms with Gasteiger partial charge in [0.25, 0.3) is 0 Å². The van der Waals surface area contributed by atoms with Gasteiger partial charge in [-0.3, -0.25) is 4.79 Å². The SMILES string of the molecule is Cc1cc(I)ccc1NC(=O)CCNS(=O)(=O)c1ccc(F)c(F)c1. The fourth-order valence-electron chi connectivity index (χ4n) is 2.01. The molecule has 0 aliphatic rings. The van der Waals surface area contributed by atoms with Crippen molar-refractivity contribution < 1.29 is 22.0 Å². The fourth-order valence-corrected chi connectivity index (χ4v) is 3.70. The molecule has 0 saturated heterocycles. The van der Waals surface area contributed by atoms with E-state index < -0.39 is 26.6 Å². The quantitative estimate of drug-likeness (QED) is 0.624. The molecule has 0 aliphatic heterocycles. The van der Waals surface area contributed by atoms with Gasteiger partial charge in [0.05, 0.1) is 4.90 Å². The normalized spacial score (nSPS) is 11.4. The van der Waals surface area contributed by atoms with E-state index in [1.165, 1.54) is 0 Å². The highest BCUT2D eigenvalue weighted by Crippen LogP contribution is 2.18. The van der Waals surface area contributed by atoms with Crippen LogP contribution in [0.4, 0.5) is 14.5 Å². The predicted octanol–water partition coefficient (Wildman–Crippen LogP) is 3.18. The van der Waals surface area contributed by atoms with Crippen molar-refractivity contribution in [2.24, 2.45) is 0 Å². The number of nitrogens with one attached hydrogen (secondary N) is 2. The molecule has 0 aliphatic carbocycles. The van der Waals surface area contributed by atoms with Gasteiger partial charge in [0.2, 0.25) is 15.9 Å². The van der Waals surface area contributed by atoms with Crippen LogP contribution in [0, 0.1) is 22.1 Å². The van der Waals surface area contributed by atoms with Crippen molar-refractivity contribution in [3.8, 4) is 0 Å². The average Bonchev–Trinajstić information content (AvgIpc) is 2.52. The van der Waals surface area contributed by atoms with Gasteiger partial charge in [0.15, 0.2) is 11.6 Å². The lowest BCUT2D eigenvalue weighted by molar-refractivity contribution is -0.116. The van der Waals surface area contributed by atoms with E-state index in [-0.39, 0.29) is 18.9 Å². The minimum absolute atomic E-state index is 0.103. The van der Waals surface area contributed by atoms with Gasteiger partial charge in [0, 0.05) is 22.2 Å². The highest BCUT2D eigenvalue weighted by molar-refractivity contribution is 14.1. The Bertz CT molecular complexity index is 904. The summed E-state index contributed by atoms with van der Waals surface area (Å²) < 4.78 is 53.2. The van der Waals surface area contributed by atoms with Crippen LogP contribution in [0.1, 0.15) is 12.0 Å². The molecule has 2 rings (SSSR count). The van der Waals surface area contributed by atoms with Crippen molar-refractivity contribution in [2.45, 2.75) is 18.2 Å². The summed E-state index contributed by atoms with van der Waals surface area (Å²) in [5, 5.41) is 2.69. The minimum Gasteiger partial charge on any atom is -0.326 e. The van der Waals surface area contributed by atoms with Crippen molar-refractivity contribution in [3.05, 3.63) is 57.2 Å². The summed E-state index contributed by atoms with van der Waals surface area (Å²) in [6, 6.07) is 7.79. The first kappa shape index (κ1) is 19.7. The number of carbonyl (C=O) groups excluding carboxylic acids is 1. The second-order valence-corrected chi connectivity index (χ2v) is 8.24. The third-order valence-electron chi connectivity index (χ3n) is 3.31. The van der Waals surface area contributed by atoms with Crippen LogP contribution in [-0.2, 0) is 14.8 Å². The van der Waals surface area contributed by atoms with Crippen LogP contribution in [0.2, 0.25) is 0 Å². The molecular weight excluding hydrogens is 465 g/mol. The lowest BCUT2D eigenvalue weighted by Crippen LogP contribution is -2.28. The van der Waals surface area contributed by atoms with Crippen molar-refractivity contribution >= 4 is 44.2 Å². The summed E-state index contributed by atoms with van der Waals surface area (Å²) in [5.41, 5.74) is 1.54. The summed E-state index contributed by atoms with van der Waals surface area (Å²) in [4.78, 5) is 11.5. The second-order valence-electron chi connectivity index (χ2n) is 5.23. The van der Waals surface area contributed by atoms with Crippen LogP contribution >= 0.6 is 22.6 Å². The molecule has 2 aromatic rings. The van der Waals surface area contributed by atoms with Crippen LogP contribution in [0.25, 0.3) is 0 Å². The largest absolute Gasteiger partial charge is 0.326 e. The number of rotatable bonds is 6. The van der Waals surface area contributed by atoms with E-state index in [9.17, 15) is 22.0 Å². The Hall–Kier alpha value is -1.59. The maximum absolute atomic E-state index is 13.1. The summed E-state index contributed by atoms with van der Waals surface area (Å²) in [6.07, 6.45) is -0.103. The number of halogens is 3. The molecule has 1 amide bonds. The van der Waals surface area contributed by atoms with Gasteiger partial charge in [-0.1, -0.05) is 0 Å². The van der Waals surface area contributed by atoms with Crippen LogP contribution in [0.3, 0.4) is 0 Å². The zero-order valence-electron chi connectivity index (χ0n) is 13.1.